The first kappa shape index (κ1) is 17.9. The van der Waals surface area contributed by atoms with Gasteiger partial charge in [0, 0.05) is 29.1 Å². The van der Waals surface area contributed by atoms with Gasteiger partial charge in [0.25, 0.3) is 0 Å². The van der Waals surface area contributed by atoms with Gasteiger partial charge in [0.15, 0.2) is 0 Å². The molecule has 28 heavy (non-hydrogen) atoms. The average Bonchev–Trinajstić information content (AvgIpc) is 3.25. The SMILES string of the molecule is COc1ccc(COc2ccc3c(c2)cc2n3CC[C@H]2CC(=O)O)cc1C#N. The highest BCUT2D eigenvalue weighted by molar-refractivity contribution is 5.83. The molecular formula is C22H20N2O4. The lowest BCUT2D eigenvalue weighted by atomic mass is 10.0. The van der Waals surface area contributed by atoms with Crippen LogP contribution in [0.25, 0.3) is 10.9 Å². The fourth-order valence-electron chi connectivity index (χ4n) is 3.90. The van der Waals surface area contributed by atoms with Crippen molar-refractivity contribution >= 4 is 16.9 Å². The summed E-state index contributed by atoms with van der Waals surface area (Å²) in [7, 11) is 1.54. The van der Waals surface area contributed by atoms with E-state index in [4.69, 9.17) is 14.6 Å². The first-order valence-electron chi connectivity index (χ1n) is 9.14. The molecule has 0 unspecified atom stereocenters. The Morgan fingerprint density at radius 1 is 1.29 bits per heavy atom. The third-order valence-electron chi connectivity index (χ3n) is 5.24. The van der Waals surface area contributed by atoms with Crippen LogP contribution in [-0.2, 0) is 17.9 Å². The minimum absolute atomic E-state index is 0.0676. The Labute approximate surface area is 162 Å². The second-order valence-electron chi connectivity index (χ2n) is 6.96. The van der Waals surface area contributed by atoms with Crippen LogP contribution in [0, 0.1) is 11.3 Å². The molecular weight excluding hydrogens is 356 g/mol. The van der Waals surface area contributed by atoms with E-state index in [9.17, 15) is 10.1 Å². The number of methoxy groups -OCH3 is 1. The number of aryl methyl sites for hydroxylation is 1. The number of nitrogens with zero attached hydrogens (tertiary/aromatic N) is 2. The minimum atomic E-state index is -0.760. The van der Waals surface area contributed by atoms with Gasteiger partial charge in [0.05, 0.1) is 19.1 Å². The highest BCUT2D eigenvalue weighted by atomic mass is 16.5. The first-order valence-corrected chi connectivity index (χ1v) is 9.14. The number of fused-ring (bicyclic) bond motifs is 3. The van der Waals surface area contributed by atoms with E-state index >= 15 is 0 Å². The Bertz CT molecular complexity index is 1090. The number of nitriles is 1. The van der Waals surface area contributed by atoms with Crippen LogP contribution in [0.15, 0.2) is 42.5 Å². The van der Waals surface area contributed by atoms with E-state index in [1.165, 1.54) is 7.11 Å². The summed E-state index contributed by atoms with van der Waals surface area (Å²) in [6.45, 7) is 1.19. The molecule has 6 heteroatoms. The second kappa shape index (κ2) is 7.28. The molecule has 1 atom stereocenters. The topological polar surface area (TPSA) is 84.5 Å². The molecule has 0 saturated heterocycles. The normalized spacial score (nSPS) is 15.2. The predicted molar refractivity (Wildman–Crippen MR) is 104 cm³/mol. The number of hydrogen-bond donors (Lipinski definition) is 1. The van der Waals surface area contributed by atoms with E-state index in [0.717, 1.165) is 40.9 Å². The molecule has 0 amide bonds. The number of ether oxygens (including phenoxy) is 2. The summed E-state index contributed by atoms with van der Waals surface area (Å²) in [5.74, 6) is 0.592. The van der Waals surface area contributed by atoms with Crippen LogP contribution in [0.4, 0.5) is 0 Å². The summed E-state index contributed by atoms with van der Waals surface area (Å²) in [6, 6.07) is 15.5. The van der Waals surface area contributed by atoms with Crippen molar-refractivity contribution in [3.8, 4) is 17.6 Å². The van der Waals surface area contributed by atoms with Crippen molar-refractivity contribution in [2.45, 2.75) is 31.9 Å². The molecule has 1 N–H and O–H groups in total. The fourth-order valence-corrected chi connectivity index (χ4v) is 3.90. The van der Waals surface area contributed by atoms with Crippen LogP contribution >= 0.6 is 0 Å². The maximum Gasteiger partial charge on any atom is 0.304 e. The molecule has 0 spiro atoms. The molecule has 142 valence electrons. The highest BCUT2D eigenvalue weighted by Crippen LogP contribution is 2.37. The zero-order valence-electron chi connectivity index (χ0n) is 15.5. The van der Waals surface area contributed by atoms with Crippen LogP contribution in [-0.4, -0.2) is 22.8 Å². The number of rotatable bonds is 6. The van der Waals surface area contributed by atoms with Gasteiger partial charge in [-0.2, -0.15) is 5.26 Å². The number of aliphatic carboxylic acids is 1. The molecule has 1 aliphatic heterocycles. The van der Waals surface area contributed by atoms with Gasteiger partial charge in [-0.05, 0) is 48.4 Å². The van der Waals surface area contributed by atoms with Gasteiger partial charge in [0.1, 0.15) is 24.2 Å². The smallest absolute Gasteiger partial charge is 0.304 e. The highest BCUT2D eigenvalue weighted by Gasteiger charge is 2.26. The first-order chi connectivity index (χ1) is 13.6. The van der Waals surface area contributed by atoms with E-state index in [1.807, 2.05) is 24.3 Å². The summed E-state index contributed by atoms with van der Waals surface area (Å²) in [4.78, 5) is 11.1. The maximum absolute atomic E-state index is 11.1. The van der Waals surface area contributed by atoms with Crippen molar-refractivity contribution in [3.05, 3.63) is 59.3 Å². The number of carboxylic acids is 1. The summed E-state index contributed by atoms with van der Waals surface area (Å²) in [5, 5.41) is 19.4. The van der Waals surface area contributed by atoms with Gasteiger partial charge >= 0.3 is 5.97 Å². The van der Waals surface area contributed by atoms with Crippen molar-refractivity contribution in [1.82, 2.24) is 4.57 Å². The lowest BCUT2D eigenvalue weighted by molar-refractivity contribution is -0.137. The van der Waals surface area contributed by atoms with Crippen LogP contribution in [0.5, 0.6) is 11.5 Å². The number of carbonyl (C=O) groups is 1. The molecule has 2 heterocycles. The standard InChI is InChI=1S/C22H20N2O4/c1-27-21-5-2-14(8-17(21)12-23)13-28-18-3-4-19-16(9-18)10-20-15(11-22(25)26)6-7-24(19)20/h2-5,8-10,15H,6-7,11,13H2,1H3,(H,25,26)/t15-/m0/s1. The number of carboxylic acid groups (broad SMARTS) is 1. The maximum atomic E-state index is 11.1. The van der Waals surface area contributed by atoms with Crippen LogP contribution in [0.2, 0.25) is 0 Å². The van der Waals surface area contributed by atoms with Gasteiger partial charge in [0.2, 0.25) is 0 Å². The average molecular weight is 376 g/mol. The zero-order valence-corrected chi connectivity index (χ0v) is 15.5. The van der Waals surface area contributed by atoms with E-state index in [2.05, 4.69) is 16.7 Å². The van der Waals surface area contributed by atoms with Crippen molar-refractivity contribution in [2.75, 3.05) is 7.11 Å². The molecule has 4 rings (SSSR count). The Hall–Kier alpha value is -3.46. The minimum Gasteiger partial charge on any atom is -0.495 e. The molecule has 1 aromatic heterocycles. The lowest BCUT2D eigenvalue weighted by Gasteiger charge is -2.09. The predicted octanol–water partition coefficient (Wildman–Crippen LogP) is 4.06. The quantitative estimate of drug-likeness (QED) is 0.701. The monoisotopic (exact) mass is 376 g/mol. The van der Waals surface area contributed by atoms with E-state index in [-0.39, 0.29) is 12.3 Å². The molecule has 0 radical (unpaired) electrons. The largest absolute Gasteiger partial charge is 0.495 e. The molecule has 6 nitrogen and oxygen atoms in total. The third-order valence-corrected chi connectivity index (χ3v) is 5.24. The second-order valence-corrected chi connectivity index (χ2v) is 6.96. The fraction of sp³-hybridized carbons (Fsp3) is 0.273. The molecule has 0 saturated carbocycles. The van der Waals surface area contributed by atoms with Crippen LogP contribution in [0.3, 0.4) is 0 Å². The Kier molecular flexibility index (Phi) is 4.66. The van der Waals surface area contributed by atoms with Gasteiger partial charge in [-0.3, -0.25) is 4.79 Å². The molecule has 1 aliphatic rings. The van der Waals surface area contributed by atoms with Crippen molar-refractivity contribution in [3.63, 3.8) is 0 Å². The number of hydrogen-bond acceptors (Lipinski definition) is 4. The van der Waals surface area contributed by atoms with Crippen molar-refractivity contribution < 1.29 is 19.4 Å². The summed E-state index contributed by atoms with van der Waals surface area (Å²) in [5.41, 5.74) is 3.56. The Morgan fingerprint density at radius 2 is 2.14 bits per heavy atom. The summed E-state index contributed by atoms with van der Waals surface area (Å²) in [6.07, 6.45) is 1.03. The molecule has 3 aromatic rings. The van der Waals surface area contributed by atoms with Gasteiger partial charge < -0.3 is 19.1 Å². The Morgan fingerprint density at radius 3 is 2.89 bits per heavy atom. The van der Waals surface area contributed by atoms with Crippen molar-refractivity contribution in [1.29, 1.82) is 5.26 Å². The van der Waals surface area contributed by atoms with E-state index in [1.54, 1.807) is 12.1 Å². The summed E-state index contributed by atoms with van der Waals surface area (Å²) >= 11 is 0. The number of aromatic nitrogens is 1. The molecule has 2 aromatic carbocycles. The van der Waals surface area contributed by atoms with Crippen molar-refractivity contribution in [2.24, 2.45) is 0 Å². The zero-order chi connectivity index (χ0) is 19.7. The van der Waals surface area contributed by atoms with Crippen LogP contribution in [0.1, 0.15) is 35.6 Å². The van der Waals surface area contributed by atoms with Gasteiger partial charge in [-0.15, -0.1) is 0 Å². The van der Waals surface area contributed by atoms with E-state index in [0.29, 0.717) is 17.9 Å². The summed E-state index contributed by atoms with van der Waals surface area (Å²) < 4.78 is 13.3. The third kappa shape index (κ3) is 3.27. The molecule has 0 bridgehead atoms. The van der Waals surface area contributed by atoms with E-state index < -0.39 is 5.97 Å². The van der Waals surface area contributed by atoms with Gasteiger partial charge in [-0.25, -0.2) is 0 Å². The Balaban J connectivity index is 1.53. The molecule has 0 fully saturated rings. The molecule has 0 aliphatic carbocycles. The van der Waals surface area contributed by atoms with Crippen LogP contribution < -0.4 is 9.47 Å². The van der Waals surface area contributed by atoms with Gasteiger partial charge in [-0.1, -0.05) is 6.07 Å². The lowest BCUT2D eigenvalue weighted by Crippen LogP contribution is -2.02. The number of benzene rings is 2.